The van der Waals surface area contributed by atoms with Gasteiger partial charge in [0.1, 0.15) is 5.69 Å². The summed E-state index contributed by atoms with van der Waals surface area (Å²) in [4.78, 5) is 11.8. The van der Waals surface area contributed by atoms with Gasteiger partial charge in [0.05, 0.1) is 17.9 Å². The van der Waals surface area contributed by atoms with Gasteiger partial charge in [-0.3, -0.25) is 9.48 Å². The van der Waals surface area contributed by atoms with Crippen molar-refractivity contribution in [3.05, 3.63) is 11.4 Å². The number of hydrogen-bond donors (Lipinski definition) is 3. The lowest BCUT2D eigenvalue weighted by atomic mass is 10.2. The highest BCUT2D eigenvalue weighted by atomic mass is 19.4. The summed E-state index contributed by atoms with van der Waals surface area (Å²) in [6.45, 7) is 2.72. The monoisotopic (exact) mass is 280 g/mol. The van der Waals surface area contributed by atoms with Crippen LogP contribution in [-0.4, -0.2) is 39.6 Å². The maximum absolute atomic E-state index is 12.1. The number of alkyl halides is 3. The molecule has 0 aliphatic heterocycles. The fourth-order valence-electron chi connectivity index (χ4n) is 1.45. The molecule has 0 saturated carbocycles. The number of halogens is 3. The number of carbonyl (C=O) groups is 1. The molecule has 1 heterocycles. The zero-order valence-electron chi connectivity index (χ0n) is 10.5. The molecule has 1 amide bonds. The number of aliphatic hydroxyl groups is 1. The number of rotatable bonds is 4. The number of nitrogens with two attached hydrogens (primary N) is 1. The zero-order chi connectivity index (χ0) is 14.8. The Balaban J connectivity index is 2.80. The van der Waals surface area contributed by atoms with Crippen LogP contribution in [0.25, 0.3) is 0 Å². The first-order chi connectivity index (χ1) is 8.68. The summed E-state index contributed by atoms with van der Waals surface area (Å²) in [5, 5.41) is 14.7. The number of nitrogens with zero attached hydrogens (tertiary/aromatic N) is 2. The molecule has 108 valence electrons. The smallest absolute Gasteiger partial charge is 0.395 e. The van der Waals surface area contributed by atoms with Crippen LogP contribution in [-0.2, 0) is 6.54 Å². The number of aromatic nitrogens is 2. The van der Waals surface area contributed by atoms with Crippen LogP contribution in [0.15, 0.2) is 0 Å². The van der Waals surface area contributed by atoms with Crippen molar-refractivity contribution in [3.8, 4) is 0 Å². The van der Waals surface area contributed by atoms with Crippen LogP contribution in [0.5, 0.6) is 0 Å². The van der Waals surface area contributed by atoms with Crippen molar-refractivity contribution in [2.75, 3.05) is 12.3 Å². The predicted molar refractivity (Wildman–Crippen MR) is 61.4 cm³/mol. The van der Waals surface area contributed by atoms with Crippen LogP contribution in [0.2, 0.25) is 0 Å². The number of nitrogens with one attached hydrogen (secondary N) is 1. The van der Waals surface area contributed by atoms with E-state index in [0.717, 1.165) is 0 Å². The van der Waals surface area contributed by atoms with E-state index in [9.17, 15) is 18.0 Å². The van der Waals surface area contributed by atoms with Crippen molar-refractivity contribution >= 4 is 11.6 Å². The Hall–Kier alpha value is -1.77. The van der Waals surface area contributed by atoms with Crippen LogP contribution in [0.1, 0.15) is 23.1 Å². The molecule has 1 rings (SSSR count). The van der Waals surface area contributed by atoms with Crippen LogP contribution >= 0.6 is 0 Å². The second-order valence-electron chi connectivity index (χ2n) is 3.93. The average Bonchev–Trinajstić information content (AvgIpc) is 2.60. The molecule has 1 aromatic heterocycles. The predicted octanol–water partition coefficient (Wildman–Crippen LogP) is 0.447. The van der Waals surface area contributed by atoms with Gasteiger partial charge in [0.25, 0.3) is 5.91 Å². The lowest BCUT2D eigenvalue weighted by Gasteiger charge is -2.15. The Morgan fingerprint density at radius 1 is 1.58 bits per heavy atom. The molecule has 0 aliphatic carbocycles. The number of anilines is 1. The van der Waals surface area contributed by atoms with Gasteiger partial charge in [0.15, 0.2) is 6.10 Å². The summed E-state index contributed by atoms with van der Waals surface area (Å²) in [6.07, 6.45) is -7.39. The third-order valence-corrected chi connectivity index (χ3v) is 2.52. The molecule has 0 spiro atoms. The van der Waals surface area contributed by atoms with Crippen molar-refractivity contribution in [1.29, 1.82) is 0 Å². The summed E-state index contributed by atoms with van der Waals surface area (Å²) >= 11 is 0. The largest absolute Gasteiger partial charge is 0.416 e. The highest BCUT2D eigenvalue weighted by Gasteiger charge is 2.38. The van der Waals surface area contributed by atoms with Gasteiger partial charge >= 0.3 is 6.18 Å². The Bertz CT molecular complexity index is 470. The van der Waals surface area contributed by atoms with E-state index < -0.39 is 24.7 Å². The average molecular weight is 280 g/mol. The summed E-state index contributed by atoms with van der Waals surface area (Å²) in [7, 11) is 0. The molecule has 0 radical (unpaired) electrons. The lowest BCUT2D eigenvalue weighted by Crippen LogP contribution is -2.41. The fourth-order valence-corrected chi connectivity index (χ4v) is 1.45. The lowest BCUT2D eigenvalue weighted by molar-refractivity contribution is -0.201. The van der Waals surface area contributed by atoms with Crippen LogP contribution < -0.4 is 11.1 Å². The highest BCUT2D eigenvalue weighted by molar-refractivity contribution is 5.97. The minimum Gasteiger partial charge on any atom is -0.395 e. The number of amides is 1. The number of hydrogen-bond acceptors (Lipinski definition) is 4. The van der Waals surface area contributed by atoms with Gasteiger partial charge < -0.3 is 16.2 Å². The van der Waals surface area contributed by atoms with Gasteiger partial charge in [-0.15, -0.1) is 0 Å². The van der Waals surface area contributed by atoms with Gasteiger partial charge in [0.2, 0.25) is 0 Å². The number of nitrogen functional groups attached to an aromatic ring is 1. The van der Waals surface area contributed by atoms with E-state index in [2.05, 4.69) is 5.10 Å². The number of carbonyl (C=O) groups excluding carboxylic acids is 1. The molecule has 0 saturated heterocycles. The van der Waals surface area contributed by atoms with Gasteiger partial charge in [-0.25, -0.2) is 0 Å². The minimum absolute atomic E-state index is 0.00521. The first kappa shape index (κ1) is 15.3. The number of aliphatic hydroxyl groups excluding tert-OH is 1. The second kappa shape index (κ2) is 5.47. The van der Waals surface area contributed by atoms with Crippen molar-refractivity contribution in [1.82, 2.24) is 15.1 Å². The number of aryl methyl sites for hydroxylation is 2. The second-order valence-corrected chi connectivity index (χ2v) is 3.93. The standard InChI is InChI=1S/C10H15F3N4O2/c1-3-17-8(7(14)5(2)16-17)9(19)15-4-6(18)10(11,12)13/h6,18H,3-4,14H2,1-2H3,(H,15,19). The normalized spacial score (nSPS) is 13.4. The van der Waals surface area contributed by atoms with Gasteiger partial charge in [-0.1, -0.05) is 0 Å². The van der Waals surface area contributed by atoms with Gasteiger partial charge in [-0.05, 0) is 13.8 Å². The first-order valence-corrected chi connectivity index (χ1v) is 5.54. The minimum atomic E-state index is -4.78. The van der Waals surface area contributed by atoms with Crippen molar-refractivity contribution < 1.29 is 23.1 Å². The first-order valence-electron chi connectivity index (χ1n) is 5.54. The summed E-state index contributed by atoms with van der Waals surface area (Å²) in [6, 6.07) is 0. The summed E-state index contributed by atoms with van der Waals surface area (Å²) in [5.41, 5.74) is 6.17. The Kier molecular flexibility index (Phi) is 4.40. The molecule has 0 aliphatic rings. The molecule has 1 unspecified atom stereocenters. The maximum Gasteiger partial charge on any atom is 0.416 e. The van der Waals surface area contributed by atoms with Crippen molar-refractivity contribution in [2.45, 2.75) is 32.7 Å². The Morgan fingerprint density at radius 2 is 2.16 bits per heavy atom. The van der Waals surface area contributed by atoms with E-state index in [1.807, 2.05) is 5.32 Å². The molecule has 0 bridgehead atoms. The molecule has 0 aromatic carbocycles. The van der Waals surface area contributed by atoms with E-state index >= 15 is 0 Å². The van der Waals surface area contributed by atoms with E-state index in [-0.39, 0.29) is 11.4 Å². The van der Waals surface area contributed by atoms with E-state index in [0.29, 0.717) is 12.2 Å². The van der Waals surface area contributed by atoms with Gasteiger partial charge in [-0.2, -0.15) is 18.3 Å². The van der Waals surface area contributed by atoms with Crippen molar-refractivity contribution in [3.63, 3.8) is 0 Å². The Morgan fingerprint density at radius 3 is 2.63 bits per heavy atom. The van der Waals surface area contributed by atoms with E-state index in [4.69, 9.17) is 10.8 Å². The molecule has 4 N–H and O–H groups in total. The fraction of sp³-hybridized carbons (Fsp3) is 0.600. The SMILES string of the molecule is CCn1nc(C)c(N)c1C(=O)NCC(O)C(F)(F)F. The molecule has 1 aromatic rings. The molecule has 1 atom stereocenters. The topological polar surface area (TPSA) is 93.2 Å². The van der Waals surface area contributed by atoms with Crippen LogP contribution in [0.3, 0.4) is 0 Å². The van der Waals surface area contributed by atoms with Crippen molar-refractivity contribution in [2.24, 2.45) is 0 Å². The maximum atomic E-state index is 12.1. The molecule has 9 heteroatoms. The zero-order valence-corrected chi connectivity index (χ0v) is 10.5. The molecule has 6 nitrogen and oxygen atoms in total. The quantitative estimate of drug-likeness (QED) is 0.746. The third kappa shape index (κ3) is 3.37. The van der Waals surface area contributed by atoms with Crippen LogP contribution in [0, 0.1) is 6.92 Å². The van der Waals surface area contributed by atoms with E-state index in [1.165, 1.54) is 4.68 Å². The molecular weight excluding hydrogens is 265 g/mol. The van der Waals surface area contributed by atoms with Crippen LogP contribution in [0.4, 0.5) is 18.9 Å². The highest BCUT2D eigenvalue weighted by Crippen LogP contribution is 2.20. The molecule has 0 fully saturated rings. The van der Waals surface area contributed by atoms with Gasteiger partial charge in [0, 0.05) is 6.54 Å². The summed E-state index contributed by atoms with van der Waals surface area (Å²) < 4.78 is 37.6. The summed E-state index contributed by atoms with van der Waals surface area (Å²) in [5.74, 6) is -0.803. The molecular formula is C10H15F3N4O2. The molecule has 19 heavy (non-hydrogen) atoms. The van der Waals surface area contributed by atoms with E-state index in [1.54, 1.807) is 13.8 Å². The Labute approximate surface area is 107 Å². The third-order valence-electron chi connectivity index (χ3n) is 2.52.